The fourth-order valence-corrected chi connectivity index (χ4v) is 2.46. The van der Waals surface area contributed by atoms with Crippen molar-refractivity contribution < 1.29 is 0 Å². The molecule has 0 aromatic carbocycles. The quantitative estimate of drug-likeness (QED) is 0.338. The van der Waals surface area contributed by atoms with Crippen molar-refractivity contribution in [3.05, 3.63) is 11.3 Å². The van der Waals surface area contributed by atoms with Crippen LogP contribution in [0.25, 0.3) is 0 Å². The lowest BCUT2D eigenvalue weighted by Crippen LogP contribution is -1.85. The lowest BCUT2D eigenvalue weighted by atomic mass is 10.4. The van der Waals surface area contributed by atoms with Crippen molar-refractivity contribution in [2.45, 2.75) is 26.3 Å². The number of halogens is 1. The van der Waals surface area contributed by atoms with Crippen LogP contribution in [0, 0.1) is 0 Å². The van der Waals surface area contributed by atoms with Crippen LogP contribution in [0.4, 0.5) is 0 Å². The molecule has 0 aromatic rings. The SMILES string of the molecule is CC(C)=C[SiH2]CCCCl. The molecule has 0 fully saturated rings. The Bertz CT molecular complexity index is 84.9. The minimum atomic E-state index is 0.106. The second-order valence-electron chi connectivity index (χ2n) is 2.47. The van der Waals surface area contributed by atoms with E-state index in [4.69, 9.17) is 11.6 Å². The van der Waals surface area contributed by atoms with Gasteiger partial charge in [0.2, 0.25) is 0 Å². The van der Waals surface area contributed by atoms with Crippen LogP contribution in [-0.4, -0.2) is 15.4 Å². The summed E-state index contributed by atoms with van der Waals surface area (Å²) in [5.74, 6) is 0.837. The van der Waals surface area contributed by atoms with Gasteiger partial charge in [-0.05, 0) is 20.3 Å². The van der Waals surface area contributed by atoms with Gasteiger partial charge in [-0.3, -0.25) is 0 Å². The van der Waals surface area contributed by atoms with Crippen LogP contribution in [0.2, 0.25) is 6.04 Å². The zero-order valence-electron chi connectivity index (χ0n) is 6.28. The van der Waals surface area contributed by atoms with E-state index in [0.717, 1.165) is 5.88 Å². The highest BCUT2D eigenvalue weighted by molar-refractivity contribution is 6.42. The molecule has 0 atom stereocenters. The Morgan fingerprint density at radius 1 is 1.56 bits per heavy atom. The van der Waals surface area contributed by atoms with E-state index in [1.54, 1.807) is 0 Å². The molecule has 0 N–H and O–H groups in total. The molecule has 0 radical (unpaired) electrons. The third-order valence-corrected chi connectivity index (χ3v) is 3.42. The van der Waals surface area contributed by atoms with E-state index < -0.39 is 0 Å². The number of alkyl halides is 1. The summed E-state index contributed by atoms with van der Waals surface area (Å²) in [6.07, 6.45) is 1.21. The summed E-state index contributed by atoms with van der Waals surface area (Å²) in [5.41, 5.74) is 3.86. The maximum atomic E-state index is 5.52. The average molecular weight is 163 g/mol. The van der Waals surface area contributed by atoms with Gasteiger partial charge in [-0.25, -0.2) is 0 Å². The predicted octanol–water partition coefficient (Wildman–Crippen LogP) is 2.13. The first kappa shape index (κ1) is 9.25. The minimum Gasteiger partial charge on any atom is -0.127 e. The zero-order valence-corrected chi connectivity index (χ0v) is 8.45. The van der Waals surface area contributed by atoms with E-state index in [9.17, 15) is 0 Å². The molecule has 0 bridgehead atoms. The van der Waals surface area contributed by atoms with Gasteiger partial charge in [-0.15, -0.1) is 17.3 Å². The van der Waals surface area contributed by atoms with Crippen molar-refractivity contribution in [3.8, 4) is 0 Å². The first-order valence-electron chi connectivity index (χ1n) is 3.46. The zero-order chi connectivity index (χ0) is 7.11. The minimum absolute atomic E-state index is 0.106. The molecule has 0 saturated carbocycles. The van der Waals surface area contributed by atoms with Crippen LogP contribution in [0.3, 0.4) is 0 Å². The second kappa shape index (κ2) is 6.37. The summed E-state index contributed by atoms with van der Waals surface area (Å²) in [6.45, 7) is 4.32. The maximum absolute atomic E-state index is 5.52. The molecule has 0 unspecified atom stereocenters. The molecule has 0 spiro atoms. The topological polar surface area (TPSA) is 0 Å². The fourth-order valence-electron chi connectivity index (χ4n) is 0.630. The largest absolute Gasteiger partial charge is 0.127 e. The Kier molecular flexibility index (Phi) is 6.54. The summed E-state index contributed by atoms with van der Waals surface area (Å²) in [7, 11) is 0.106. The molecule has 0 nitrogen and oxygen atoms in total. The Balaban J connectivity index is 3.00. The van der Waals surface area contributed by atoms with Crippen molar-refractivity contribution in [3.63, 3.8) is 0 Å². The van der Waals surface area contributed by atoms with Crippen molar-refractivity contribution in [1.82, 2.24) is 0 Å². The van der Waals surface area contributed by atoms with Gasteiger partial charge in [-0.2, -0.15) is 0 Å². The molecule has 0 saturated heterocycles. The van der Waals surface area contributed by atoms with Crippen molar-refractivity contribution in [2.24, 2.45) is 0 Å². The van der Waals surface area contributed by atoms with E-state index in [1.165, 1.54) is 18.0 Å². The van der Waals surface area contributed by atoms with Gasteiger partial charge in [0, 0.05) is 15.4 Å². The lowest BCUT2D eigenvalue weighted by Gasteiger charge is -1.90. The highest BCUT2D eigenvalue weighted by atomic mass is 35.5. The van der Waals surface area contributed by atoms with Crippen LogP contribution in [0.1, 0.15) is 20.3 Å². The van der Waals surface area contributed by atoms with Gasteiger partial charge < -0.3 is 0 Å². The first-order valence-corrected chi connectivity index (χ1v) is 5.82. The average Bonchev–Trinajstić information content (AvgIpc) is 1.80. The van der Waals surface area contributed by atoms with Gasteiger partial charge in [0.05, 0.1) is 0 Å². The molecule has 0 aliphatic heterocycles. The normalized spacial score (nSPS) is 10.6. The molecule has 9 heavy (non-hydrogen) atoms. The van der Waals surface area contributed by atoms with Crippen molar-refractivity contribution in [1.29, 1.82) is 0 Å². The Hall–Kier alpha value is 0.247. The van der Waals surface area contributed by atoms with Gasteiger partial charge in [-0.1, -0.05) is 11.6 Å². The van der Waals surface area contributed by atoms with E-state index in [1.807, 2.05) is 0 Å². The summed E-state index contributed by atoms with van der Waals surface area (Å²) in [4.78, 5) is 0. The molecule has 0 heterocycles. The number of hydrogen-bond donors (Lipinski definition) is 0. The fraction of sp³-hybridized carbons (Fsp3) is 0.714. The standard InChI is InChI=1S/C7H15ClSi/c1-7(2)6-9-5-3-4-8/h6H,3-5,9H2,1-2H3. The molecule has 0 aliphatic carbocycles. The Labute approximate surface area is 65.1 Å². The third-order valence-electron chi connectivity index (χ3n) is 1.14. The second-order valence-corrected chi connectivity index (χ2v) is 4.54. The number of allylic oxidation sites excluding steroid dienone is 1. The highest BCUT2D eigenvalue weighted by Gasteiger charge is 1.83. The van der Waals surface area contributed by atoms with Crippen LogP contribution in [0.15, 0.2) is 11.3 Å². The van der Waals surface area contributed by atoms with E-state index in [-0.39, 0.29) is 9.52 Å². The highest BCUT2D eigenvalue weighted by Crippen LogP contribution is 1.94. The summed E-state index contributed by atoms with van der Waals surface area (Å²) >= 11 is 5.52. The lowest BCUT2D eigenvalue weighted by molar-refractivity contribution is 1.09. The Morgan fingerprint density at radius 2 is 2.22 bits per heavy atom. The van der Waals surface area contributed by atoms with E-state index in [2.05, 4.69) is 19.5 Å². The molecular weight excluding hydrogens is 148 g/mol. The molecule has 2 heteroatoms. The molecule has 0 rings (SSSR count). The van der Waals surface area contributed by atoms with Crippen molar-refractivity contribution in [2.75, 3.05) is 5.88 Å². The van der Waals surface area contributed by atoms with Crippen LogP contribution in [-0.2, 0) is 0 Å². The number of hydrogen-bond acceptors (Lipinski definition) is 0. The molecule has 0 aliphatic rings. The molecule has 0 aromatic heterocycles. The molecule has 0 amide bonds. The monoisotopic (exact) mass is 162 g/mol. The molecular formula is C7H15ClSi. The van der Waals surface area contributed by atoms with Crippen molar-refractivity contribution >= 4 is 21.1 Å². The van der Waals surface area contributed by atoms with Crippen LogP contribution < -0.4 is 0 Å². The number of rotatable bonds is 4. The maximum Gasteiger partial charge on any atom is 0.0453 e. The summed E-state index contributed by atoms with van der Waals surface area (Å²) < 4.78 is 0. The van der Waals surface area contributed by atoms with Crippen LogP contribution in [0.5, 0.6) is 0 Å². The smallest absolute Gasteiger partial charge is 0.0453 e. The van der Waals surface area contributed by atoms with Crippen LogP contribution >= 0.6 is 11.6 Å². The van der Waals surface area contributed by atoms with E-state index in [0.29, 0.717) is 0 Å². The van der Waals surface area contributed by atoms with Gasteiger partial charge >= 0.3 is 0 Å². The third kappa shape index (κ3) is 8.25. The van der Waals surface area contributed by atoms with Gasteiger partial charge in [0.1, 0.15) is 0 Å². The summed E-state index contributed by atoms with van der Waals surface area (Å²) in [6, 6.07) is 1.37. The predicted molar refractivity (Wildman–Crippen MR) is 48.1 cm³/mol. The van der Waals surface area contributed by atoms with Gasteiger partial charge in [0.25, 0.3) is 0 Å². The molecule has 54 valence electrons. The van der Waals surface area contributed by atoms with E-state index >= 15 is 0 Å². The first-order chi connectivity index (χ1) is 4.27. The van der Waals surface area contributed by atoms with Gasteiger partial charge in [0.15, 0.2) is 0 Å². The summed E-state index contributed by atoms with van der Waals surface area (Å²) in [5, 5.41) is 0. The Morgan fingerprint density at radius 3 is 2.67 bits per heavy atom.